The first kappa shape index (κ1) is 5.68. The lowest BCUT2D eigenvalue weighted by Crippen LogP contribution is -1.73. The van der Waals surface area contributed by atoms with Gasteiger partial charge in [-0.1, -0.05) is 12.2 Å². The quantitative estimate of drug-likeness (QED) is 0.554. The van der Waals surface area contributed by atoms with Crippen molar-refractivity contribution in [2.75, 3.05) is 0 Å². The number of fused-ring (bicyclic) bond motifs is 1. The number of hydrogen-bond donors (Lipinski definition) is 2. The average Bonchev–Trinajstić information content (AvgIpc) is 2.36. The fourth-order valence-electron chi connectivity index (χ4n) is 0.996. The highest BCUT2D eigenvalue weighted by atomic mass is 32.1. The molecule has 2 N–H and O–H groups in total. The van der Waals surface area contributed by atoms with Crippen LogP contribution in [0.15, 0.2) is 24.5 Å². The SMILES string of the molecule is S=c1[nH]ccc2cc[nH]c12. The van der Waals surface area contributed by atoms with Gasteiger partial charge >= 0.3 is 0 Å². The molecule has 10 heavy (non-hydrogen) atoms. The van der Waals surface area contributed by atoms with Crippen molar-refractivity contribution in [2.45, 2.75) is 0 Å². The molecular weight excluding hydrogens is 144 g/mol. The maximum absolute atomic E-state index is 5.02. The molecule has 0 amide bonds. The van der Waals surface area contributed by atoms with Gasteiger partial charge in [-0.3, -0.25) is 0 Å². The summed E-state index contributed by atoms with van der Waals surface area (Å²) in [4.78, 5) is 6.00. The zero-order valence-corrected chi connectivity index (χ0v) is 6.03. The van der Waals surface area contributed by atoms with Crippen molar-refractivity contribution < 1.29 is 0 Å². The smallest absolute Gasteiger partial charge is 0.127 e. The van der Waals surface area contributed by atoms with Crippen LogP contribution in [0.2, 0.25) is 0 Å². The van der Waals surface area contributed by atoms with Gasteiger partial charge in [0.25, 0.3) is 0 Å². The summed E-state index contributed by atoms with van der Waals surface area (Å²) in [6.45, 7) is 0. The van der Waals surface area contributed by atoms with Gasteiger partial charge in [0.2, 0.25) is 0 Å². The van der Waals surface area contributed by atoms with Crippen LogP contribution in [-0.4, -0.2) is 9.97 Å². The molecular formula is C7H6N2S. The summed E-state index contributed by atoms with van der Waals surface area (Å²) in [5.41, 5.74) is 1.01. The second kappa shape index (κ2) is 1.95. The monoisotopic (exact) mass is 150 g/mol. The lowest BCUT2D eigenvalue weighted by Gasteiger charge is -1.86. The molecule has 2 nitrogen and oxygen atoms in total. The Balaban J connectivity index is 3.09. The highest BCUT2D eigenvalue weighted by molar-refractivity contribution is 7.71. The second-order valence-corrected chi connectivity index (χ2v) is 2.52. The van der Waals surface area contributed by atoms with E-state index in [0.29, 0.717) is 0 Å². The van der Waals surface area contributed by atoms with Gasteiger partial charge in [-0.05, 0) is 12.1 Å². The molecule has 0 saturated carbocycles. The molecule has 0 aromatic carbocycles. The normalized spacial score (nSPS) is 10.4. The van der Waals surface area contributed by atoms with E-state index in [0.717, 1.165) is 15.5 Å². The van der Waals surface area contributed by atoms with E-state index < -0.39 is 0 Å². The fourth-order valence-corrected chi connectivity index (χ4v) is 1.24. The summed E-state index contributed by atoms with van der Waals surface area (Å²) in [5.74, 6) is 0. The average molecular weight is 150 g/mol. The fraction of sp³-hybridized carbons (Fsp3) is 0. The van der Waals surface area contributed by atoms with Crippen LogP contribution in [0.1, 0.15) is 0 Å². The van der Waals surface area contributed by atoms with E-state index in [-0.39, 0.29) is 0 Å². The minimum absolute atomic E-state index is 0.766. The van der Waals surface area contributed by atoms with E-state index in [1.165, 1.54) is 0 Å². The van der Waals surface area contributed by atoms with Crippen LogP contribution < -0.4 is 0 Å². The maximum Gasteiger partial charge on any atom is 0.127 e. The standard InChI is InChI=1S/C7H6N2S/c10-7-6-5(1-3-8-6)2-4-9-7/h1-4,8H,(H,9,10). The van der Waals surface area contributed by atoms with E-state index in [1.54, 1.807) is 0 Å². The van der Waals surface area contributed by atoms with E-state index in [9.17, 15) is 0 Å². The molecule has 0 spiro atoms. The summed E-state index contributed by atoms with van der Waals surface area (Å²) in [6.07, 6.45) is 3.73. The Kier molecular flexibility index (Phi) is 1.11. The molecule has 0 aliphatic carbocycles. The van der Waals surface area contributed by atoms with Gasteiger partial charge in [0.1, 0.15) is 4.64 Å². The number of H-pyrrole nitrogens is 2. The van der Waals surface area contributed by atoms with Crippen LogP contribution in [0.3, 0.4) is 0 Å². The molecule has 3 heteroatoms. The van der Waals surface area contributed by atoms with Crippen molar-refractivity contribution in [3.05, 3.63) is 29.2 Å². The summed E-state index contributed by atoms with van der Waals surface area (Å²) < 4.78 is 0.766. The van der Waals surface area contributed by atoms with Gasteiger partial charge in [-0.15, -0.1) is 0 Å². The Morgan fingerprint density at radius 1 is 1.10 bits per heavy atom. The molecule has 0 unspecified atom stereocenters. The Labute approximate surface area is 62.9 Å². The minimum Gasteiger partial charge on any atom is -0.359 e. The van der Waals surface area contributed by atoms with Gasteiger partial charge in [-0.2, -0.15) is 0 Å². The molecule has 0 radical (unpaired) electrons. The van der Waals surface area contributed by atoms with Crippen molar-refractivity contribution in [2.24, 2.45) is 0 Å². The van der Waals surface area contributed by atoms with Crippen molar-refractivity contribution >= 4 is 23.1 Å². The molecule has 2 heterocycles. The lowest BCUT2D eigenvalue weighted by molar-refractivity contribution is 1.31. The van der Waals surface area contributed by atoms with E-state index in [1.807, 2.05) is 24.5 Å². The van der Waals surface area contributed by atoms with E-state index >= 15 is 0 Å². The Morgan fingerprint density at radius 2 is 1.80 bits per heavy atom. The lowest BCUT2D eigenvalue weighted by atomic mass is 10.3. The molecule has 0 aliphatic rings. The van der Waals surface area contributed by atoms with Crippen LogP contribution in [0, 0.1) is 4.64 Å². The molecule has 2 aromatic rings. The Hall–Kier alpha value is -1.09. The third-order valence-corrected chi connectivity index (χ3v) is 1.81. The predicted octanol–water partition coefficient (Wildman–Crippen LogP) is 2.23. The third-order valence-electron chi connectivity index (χ3n) is 1.48. The van der Waals surface area contributed by atoms with Crippen molar-refractivity contribution in [1.82, 2.24) is 9.97 Å². The molecule has 0 aliphatic heterocycles. The first-order chi connectivity index (χ1) is 4.88. The topological polar surface area (TPSA) is 31.6 Å². The van der Waals surface area contributed by atoms with Crippen LogP contribution in [0.25, 0.3) is 10.9 Å². The van der Waals surface area contributed by atoms with Crippen molar-refractivity contribution in [3.8, 4) is 0 Å². The highest BCUT2D eigenvalue weighted by Crippen LogP contribution is 2.09. The highest BCUT2D eigenvalue weighted by Gasteiger charge is 1.91. The molecule has 2 aromatic heterocycles. The second-order valence-electron chi connectivity index (χ2n) is 2.11. The number of rotatable bonds is 0. The Bertz CT molecular complexity index is 399. The minimum atomic E-state index is 0.766. The number of nitrogens with one attached hydrogen (secondary N) is 2. The molecule has 0 saturated heterocycles. The zero-order chi connectivity index (χ0) is 6.97. The van der Waals surface area contributed by atoms with Crippen molar-refractivity contribution in [1.29, 1.82) is 0 Å². The van der Waals surface area contributed by atoms with Gasteiger partial charge in [-0.25, -0.2) is 0 Å². The van der Waals surface area contributed by atoms with Crippen LogP contribution in [0.5, 0.6) is 0 Å². The molecule has 0 atom stereocenters. The van der Waals surface area contributed by atoms with Crippen molar-refractivity contribution in [3.63, 3.8) is 0 Å². The van der Waals surface area contributed by atoms with Crippen LogP contribution in [-0.2, 0) is 0 Å². The van der Waals surface area contributed by atoms with E-state index in [2.05, 4.69) is 9.97 Å². The number of pyridine rings is 1. The first-order valence-corrected chi connectivity index (χ1v) is 3.43. The summed E-state index contributed by atoms with van der Waals surface area (Å²) >= 11 is 5.02. The molecule has 0 fully saturated rings. The van der Waals surface area contributed by atoms with Gasteiger partial charge in [0.05, 0.1) is 5.52 Å². The molecule has 0 bridgehead atoms. The summed E-state index contributed by atoms with van der Waals surface area (Å²) in [7, 11) is 0. The maximum atomic E-state index is 5.02. The Morgan fingerprint density at radius 3 is 2.50 bits per heavy atom. The van der Waals surface area contributed by atoms with E-state index in [4.69, 9.17) is 12.2 Å². The van der Waals surface area contributed by atoms with Crippen LogP contribution in [0.4, 0.5) is 0 Å². The largest absolute Gasteiger partial charge is 0.359 e. The predicted molar refractivity (Wildman–Crippen MR) is 43.5 cm³/mol. The summed E-state index contributed by atoms with van der Waals surface area (Å²) in [5, 5.41) is 1.16. The van der Waals surface area contributed by atoms with Gasteiger partial charge < -0.3 is 9.97 Å². The summed E-state index contributed by atoms with van der Waals surface area (Å²) in [6, 6.07) is 3.99. The third kappa shape index (κ3) is 0.675. The van der Waals surface area contributed by atoms with Gasteiger partial charge in [0, 0.05) is 17.8 Å². The van der Waals surface area contributed by atoms with Crippen LogP contribution >= 0.6 is 12.2 Å². The first-order valence-electron chi connectivity index (χ1n) is 3.03. The number of aromatic nitrogens is 2. The molecule has 2 rings (SSSR count). The number of hydrogen-bond acceptors (Lipinski definition) is 1. The number of aromatic amines is 2. The van der Waals surface area contributed by atoms with Gasteiger partial charge in [0.15, 0.2) is 0 Å². The molecule has 50 valence electrons. The zero-order valence-electron chi connectivity index (χ0n) is 5.22.